The van der Waals surface area contributed by atoms with Crippen molar-refractivity contribution < 1.29 is 19.8 Å². The molecule has 0 saturated carbocycles. The Kier molecular flexibility index (Phi) is 4.74. The molecule has 19 heavy (non-hydrogen) atoms. The van der Waals surface area contributed by atoms with Gasteiger partial charge in [0.2, 0.25) is 0 Å². The molecule has 0 heterocycles. The molecular formula is C13H18N2O4. The Labute approximate surface area is 111 Å². The molecule has 0 aliphatic heterocycles. The Bertz CT molecular complexity index is 488. The standard InChI is InChI=1S/C13H18N2O4/c1-3-10(13(18)19)15(4-2)11-6-5-8(12(16)17)7-9(11)14/h5-7,10H,3-4,14H2,1-2H3,(H,16,17)(H,18,19). The van der Waals surface area contributed by atoms with E-state index in [1.165, 1.54) is 12.1 Å². The summed E-state index contributed by atoms with van der Waals surface area (Å²) in [5.41, 5.74) is 6.72. The molecular weight excluding hydrogens is 248 g/mol. The minimum absolute atomic E-state index is 0.0840. The van der Waals surface area contributed by atoms with Crippen LogP contribution in [0.2, 0.25) is 0 Å². The lowest BCUT2D eigenvalue weighted by molar-refractivity contribution is -0.138. The fraction of sp³-hybridized carbons (Fsp3) is 0.385. The van der Waals surface area contributed by atoms with Crippen LogP contribution in [0.3, 0.4) is 0 Å². The average Bonchev–Trinajstić information content (AvgIpc) is 2.35. The summed E-state index contributed by atoms with van der Waals surface area (Å²) in [6.07, 6.45) is 0.434. The van der Waals surface area contributed by atoms with Crippen LogP contribution in [-0.4, -0.2) is 34.7 Å². The van der Waals surface area contributed by atoms with Crippen LogP contribution >= 0.6 is 0 Å². The largest absolute Gasteiger partial charge is 0.480 e. The van der Waals surface area contributed by atoms with Crippen LogP contribution in [0, 0.1) is 0 Å². The molecule has 0 bridgehead atoms. The van der Waals surface area contributed by atoms with Gasteiger partial charge in [-0.05, 0) is 31.5 Å². The van der Waals surface area contributed by atoms with Crippen LogP contribution in [0.5, 0.6) is 0 Å². The SMILES string of the molecule is CCC(C(=O)O)N(CC)c1ccc(C(=O)O)cc1N. The maximum Gasteiger partial charge on any atom is 0.335 e. The highest BCUT2D eigenvalue weighted by molar-refractivity contribution is 5.91. The van der Waals surface area contributed by atoms with E-state index in [0.29, 0.717) is 18.7 Å². The number of hydrogen-bond donors (Lipinski definition) is 3. The average molecular weight is 266 g/mol. The summed E-state index contributed by atoms with van der Waals surface area (Å²) in [5.74, 6) is -1.99. The number of carbonyl (C=O) groups is 2. The van der Waals surface area contributed by atoms with Gasteiger partial charge in [0.25, 0.3) is 0 Å². The summed E-state index contributed by atoms with van der Waals surface area (Å²) in [5, 5.41) is 18.1. The van der Waals surface area contributed by atoms with Crippen molar-refractivity contribution in [1.29, 1.82) is 0 Å². The number of anilines is 2. The first kappa shape index (κ1) is 14.8. The van der Waals surface area contributed by atoms with Crippen LogP contribution in [0.1, 0.15) is 30.6 Å². The smallest absolute Gasteiger partial charge is 0.335 e. The molecule has 0 radical (unpaired) electrons. The summed E-state index contributed by atoms with van der Waals surface area (Å²) < 4.78 is 0. The number of nitrogens with zero attached hydrogens (tertiary/aromatic N) is 1. The third-order valence-corrected chi connectivity index (χ3v) is 2.97. The van der Waals surface area contributed by atoms with Gasteiger partial charge in [-0.2, -0.15) is 0 Å². The number of nitrogens with two attached hydrogens (primary N) is 1. The van der Waals surface area contributed by atoms with Crippen molar-refractivity contribution in [3.63, 3.8) is 0 Å². The zero-order valence-corrected chi connectivity index (χ0v) is 11.0. The summed E-state index contributed by atoms with van der Waals surface area (Å²) in [4.78, 5) is 23.7. The molecule has 0 aliphatic carbocycles. The van der Waals surface area contributed by atoms with E-state index in [2.05, 4.69) is 0 Å². The van der Waals surface area contributed by atoms with Gasteiger partial charge in [-0.25, -0.2) is 9.59 Å². The fourth-order valence-electron chi connectivity index (χ4n) is 2.04. The molecule has 0 fully saturated rings. The van der Waals surface area contributed by atoms with Crippen LogP contribution < -0.4 is 10.6 Å². The van der Waals surface area contributed by atoms with Crippen LogP contribution in [0.4, 0.5) is 11.4 Å². The Hall–Kier alpha value is -2.24. The summed E-state index contributed by atoms with van der Waals surface area (Å²) in [7, 11) is 0. The van der Waals surface area contributed by atoms with Crippen molar-refractivity contribution >= 4 is 23.3 Å². The van der Waals surface area contributed by atoms with Crippen molar-refractivity contribution in [2.75, 3.05) is 17.2 Å². The van der Waals surface area contributed by atoms with Gasteiger partial charge in [-0.15, -0.1) is 0 Å². The first-order valence-corrected chi connectivity index (χ1v) is 6.04. The molecule has 1 aromatic rings. The number of carboxylic acids is 2. The van der Waals surface area contributed by atoms with Gasteiger partial charge in [0, 0.05) is 6.54 Å². The number of aliphatic carboxylic acids is 1. The second kappa shape index (κ2) is 6.08. The zero-order valence-electron chi connectivity index (χ0n) is 11.0. The molecule has 1 atom stereocenters. The lowest BCUT2D eigenvalue weighted by Gasteiger charge is -2.30. The second-order valence-electron chi connectivity index (χ2n) is 4.13. The van der Waals surface area contributed by atoms with E-state index >= 15 is 0 Å². The highest BCUT2D eigenvalue weighted by Gasteiger charge is 2.24. The molecule has 4 N–H and O–H groups in total. The van der Waals surface area contributed by atoms with Crippen LogP contribution in [-0.2, 0) is 4.79 Å². The quantitative estimate of drug-likeness (QED) is 0.676. The molecule has 0 amide bonds. The molecule has 6 nitrogen and oxygen atoms in total. The molecule has 104 valence electrons. The topological polar surface area (TPSA) is 104 Å². The lowest BCUT2D eigenvalue weighted by Crippen LogP contribution is -2.41. The second-order valence-corrected chi connectivity index (χ2v) is 4.13. The van der Waals surface area contributed by atoms with E-state index in [0.717, 1.165) is 0 Å². The highest BCUT2D eigenvalue weighted by Crippen LogP contribution is 2.27. The molecule has 1 unspecified atom stereocenters. The van der Waals surface area contributed by atoms with E-state index in [-0.39, 0.29) is 11.3 Å². The van der Waals surface area contributed by atoms with Gasteiger partial charge < -0.3 is 20.8 Å². The van der Waals surface area contributed by atoms with Crippen molar-refractivity contribution in [3.05, 3.63) is 23.8 Å². The fourth-order valence-corrected chi connectivity index (χ4v) is 2.04. The van der Waals surface area contributed by atoms with Gasteiger partial charge >= 0.3 is 11.9 Å². The van der Waals surface area contributed by atoms with E-state index in [1.807, 2.05) is 6.92 Å². The molecule has 0 spiro atoms. The normalized spacial score (nSPS) is 11.9. The van der Waals surface area contributed by atoms with E-state index in [9.17, 15) is 14.7 Å². The van der Waals surface area contributed by atoms with Gasteiger partial charge in [-0.1, -0.05) is 6.92 Å². The van der Waals surface area contributed by atoms with Gasteiger partial charge in [0.1, 0.15) is 6.04 Å². The van der Waals surface area contributed by atoms with Crippen molar-refractivity contribution in [1.82, 2.24) is 0 Å². The number of rotatable bonds is 6. The number of hydrogen-bond acceptors (Lipinski definition) is 4. The number of likely N-dealkylation sites (N-methyl/N-ethyl adjacent to an activating group) is 1. The Morgan fingerprint density at radius 1 is 1.32 bits per heavy atom. The number of nitrogen functional groups attached to an aromatic ring is 1. The first-order valence-electron chi connectivity index (χ1n) is 6.04. The lowest BCUT2D eigenvalue weighted by atomic mass is 10.1. The minimum Gasteiger partial charge on any atom is -0.480 e. The third-order valence-electron chi connectivity index (χ3n) is 2.97. The molecule has 0 aliphatic rings. The highest BCUT2D eigenvalue weighted by atomic mass is 16.4. The van der Waals surface area contributed by atoms with Crippen molar-refractivity contribution in [3.8, 4) is 0 Å². The van der Waals surface area contributed by atoms with Gasteiger partial charge in [0.05, 0.1) is 16.9 Å². The van der Waals surface area contributed by atoms with Gasteiger partial charge in [0.15, 0.2) is 0 Å². The maximum absolute atomic E-state index is 11.2. The Morgan fingerprint density at radius 3 is 2.32 bits per heavy atom. The van der Waals surface area contributed by atoms with Crippen molar-refractivity contribution in [2.45, 2.75) is 26.3 Å². The zero-order chi connectivity index (χ0) is 14.6. The molecule has 6 heteroatoms. The third kappa shape index (κ3) is 3.15. The minimum atomic E-state index is -1.06. The summed E-state index contributed by atoms with van der Waals surface area (Å²) in [6.45, 7) is 4.08. The van der Waals surface area contributed by atoms with E-state index in [4.69, 9.17) is 10.8 Å². The van der Waals surface area contributed by atoms with Crippen LogP contribution in [0.25, 0.3) is 0 Å². The number of carboxylic acid groups (broad SMARTS) is 2. The molecule has 0 saturated heterocycles. The molecule has 1 rings (SSSR count). The number of benzene rings is 1. The monoisotopic (exact) mass is 266 g/mol. The van der Waals surface area contributed by atoms with Crippen molar-refractivity contribution in [2.24, 2.45) is 0 Å². The van der Waals surface area contributed by atoms with Crippen LogP contribution in [0.15, 0.2) is 18.2 Å². The first-order chi connectivity index (χ1) is 8.92. The maximum atomic E-state index is 11.2. The van der Waals surface area contributed by atoms with E-state index < -0.39 is 18.0 Å². The summed E-state index contributed by atoms with van der Waals surface area (Å²) in [6, 6.07) is 3.64. The van der Waals surface area contributed by atoms with E-state index in [1.54, 1.807) is 17.9 Å². The predicted octanol–water partition coefficient (Wildman–Crippen LogP) is 1.66. The Balaban J connectivity index is 3.18. The number of aromatic carboxylic acids is 1. The summed E-state index contributed by atoms with van der Waals surface area (Å²) >= 11 is 0. The molecule has 1 aromatic carbocycles. The Morgan fingerprint density at radius 2 is 1.95 bits per heavy atom. The van der Waals surface area contributed by atoms with Gasteiger partial charge in [-0.3, -0.25) is 0 Å². The molecule has 0 aromatic heterocycles. The predicted molar refractivity (Wildman–Crippen MR) is 72.5 cm³/mol.